The first kappa shape index (κ1) is 21.6. The summed E-state index contributed by atoms with van der Waals surface area (Å²) in [5, 5.41) is 3.94. The maximum absolute atomic E-state index is 13.7. The molecule has 2 aromatic carbocycles. The summed E-state index contributed by atoms with van der Waals surface area (Å²) >= 11 is 3.77. The number of benzene rings is 2. The largest absolute Gasteiger partial charge is 0.350 e. The number of likely N-dealkylation sites (tertiary alicyclic amines) is 1. The van der Waals surface area contributed by atoms with E-state index in [1.54, 1.807) is 11.3 Å². The second kappa shape index (κ2) is 8.59. The third-order valence-corrected chi connectivity index (χ3v) is 7.94. The summed E-state index contributed by atoms with van der Waals surface area (Å²) in [6, 6.07) is 16.0. The maximum atomic E-state index is 13.7. The molecule has 5 nitrogen and oxygen atoms in total. The Morgan fingerprint density at radius 2 is 1.97 bits per heavy atom. The predicted molar refractivity (Wildman–Crippen MR) is 135 cm³/mol. The van der Waals surface area contributed by atoms with Crippen LogP contribution in [0.5, 0.6) is 0 Å². The summed E-state index contributed by atoms with van der Waals surface area (Å²) in [5.41, 5.74) is 3.38. The number of rotatable bonds is 5. The lowest BCUT2D eigenvalue weighted by Gasteiger charge is -2.27. The quantitative estimate of drug-likeness (QED) is 0.446. The Balaban J connectivity index is 1.36. The lowest BCUT2D eigenvalue weighted by atomic mass is 10.1. The van der Waals surface area contributed by atoms with E-state index in [9.17, 15) is 9.59 Å². The summed E-state index contributed by atoms with van der Waals surface area (Å²) in [7, 11) is 0. The van der Waals surface area contributed by atoms with Gasteiger partial charge in [-0.05, 0) is 79.0 Å². The molecule has 3 atom stereocenters. The number of aryl methyl sites for hydroxylation is 2. The van der Waals surface area contributed by atoms with E-state index < -0.39 is 0 Å². The minimum absolute atomic E-state index is 0.00495. The van der Waals surface area contributed by atoms with E-state index in [0.29, 0.717) is 23.7 Å². The molecule has 5 rings (SSSR count). The minimum atomic E-state index is -0.0959. The number of carbonyl (C=O) groups excluding carboxylic acids is 2. The summed E-state index contributed by atoms with van der Waals surface area (Å²) in [5.74, 6) is 0.437. The molecule has 2 fully saturated rings. The van der Waals surface area contributed by atoms with Gasteiger partial charge in [-0.3, -0.25) is 9.59 Å². The van der Waals surface area contributed by atoms with E-state index in [2.05, 4.69) is 51.9 Å². The van der Waals surface area contributed by atoms with Crippen LogP contribution in [0.1, 0.15) is 44.3 Å². The van der Waals surface area contributed by atoms with Gasteiger partial charge in [0.1, 0.15) is 5.69 Å². The van der Waals surface area contributed by atoms with Crippen LogP contribution in [0.25, 0.3) is 10.4 Å². The van der Waals surface area contributed by atoms with Gasteiger partial charge in [0.25, 0.3) is 11.8 Å². The molecule has 2 heterocycles. The van der Waals surface area contributed by atoms with Crippen LogP contribution in [0.4, 0.5) is 0 Å². The highest BCUT2D eigenvalue weighted by Gasteiger charge is 2.54. The average Bonchev–Trinajstić information content (AvgIpc) is 3.26. The number of thiazole rings is 1. The van der Waals surface area contributed by atoms with Gasteiger partial charge < -0.3 is 10.2 Å². The number of halogens is 1. The Labute approximate surface area is 205 Å². The molecule has 2 aliphatic rings. The number of piperidine rings is 1. The van der Waals surface area contributed by atoms with E-state index in [0.717, 1.165) is 37.4 Å². The van der Waals surface area contributed by atoms with Crippen LogP contribution in [-0.4, -0.2) is 40.3 Å². The Kier molecular flexibility index (Phi) is 5.79. The van der Waals surface area contributed by atoms with Gasteiger partial charge in [0, 0.05) is 21.7 Å². The van der Waals surface area contributed by atoms with Crippen molar-refractivity contribution in [3.63, 3.8) is 0 Å². The van der Waals surface area contributed by atoms with Crippen molar-refractivity contribution in [2.75, 3.05) is 6.54 Å². The molecular formula is C25H24IN3O2S. The fourth-order valence-corrected chi connectivity index (χ4v) is 6.13. The molecule has 7 heteroatoms. The Morgan fingerprint density at radius 1 is 1.16 bits per heavy atom. The van der Waals surface area contributed by atoms with Crippen molar-refractivity contribution < 1.29 is 9.59 Å². The number of hydrogen-bond donors (Lipinski definition) is 1. The van der Waals surface area contributed by atoms with Gasteiger partial charge >= 0.3 is 0 Å². The lowest BCUT2D eigenvalue weighted by molar-refractivity contribution is 0.0684. The topological polar surface area (TPSA) is 62.3 Å². The highest BCUT2D eigenvalue weighted by molar-refractivity contribution is 14.1. The maximum Gasteiger partial charge on any atom is 0.274 e. The van der Waals surface area contributed by atoms with Crippen molar-refractivity contribution in [2.45, 2.75) is 38.8 Å². The van der Waals surface area contributed by atoms with Crippen LogP contribution in [0.15, 0.2) is 48.5 Å². The molecule has 1 aliphatic carbocycles. The van der Waals surface area contributed by atoms with Crippen LogP contribution in [0, 0.1) is 23.3 Å². The Morgan fingerprint density at radius 3 is 2.75 bits per heavy atom. The molecule has 1 N–H and O–H groups in total. The highest BCUT2D eigenvalue weighted by atomic mass is 127. The van der Waals surface area contributed by atoms with Crippen molar-refractivity contribution in [3.05, 3.63) is 73.9 Å². The lowest BCUT2D eigenvalue weighted by Crippen LogP contribution is -2.45. The van der Waals surface area contributed by atoms with Gasteiger partial charge in [0.15, 0.2) is 0 Å². The number of nitrogens with zero attached hydrogens (tertiary/aromatic N) is 2. The molecule has 1 saturated carbocycles. The van der Waals surface area contributed by atoms with Crippen molar-refractivity contribution in [2.24, 2.45) is 5.92 Å². The molecule has 1 unspecified atom stereocenters. The summed E-state index contributed by atoms with van der Waals surface area (Å²) in [6.07, 6.45) is 1.99. The van der Waals surface area contributed by atoms with Gasteiger partial charge in [-0.15, -0.1) is 11.3 Å². The normalized spacial score (nSPS) is 21.3. The summed E-state index contributed by atoms with van der Waals surface area (Å²) < 4.78 is 1.02. The van der Waals surface area contributed by atoms with E-state index in [1.165, 1.54) is 0 Å². The van der Waals surface area contributed by atoms with Crippen molar-refractivity contribution in [3.8, 4) is 10.4 Å². The van der Waals surface area contributed by atoms with Crippen molar-refractivity contribution in [1.82, 2.24) is 15.2 Å². The zero-order valence-electron chi connectivity index (χ0n) is 18.0. The average molecular weight is 557 g/mol. The molecule has 2 amide bonds. The van der Waals surface area contributed by atoms with Crippen LogP contribution < -0.4 is 5.32 Å². The van der Waals surface area contributed by atoms with Crippen LogP contribution in [-0.2, 0) is 0 Å². The SMILES string of the molecule is Cc1cccc(-c2sc(C)nc2C(=O)N2C3C[C@H]3C[C@H]2CNC(=O)c2cccc(I)c2)c1. The van der Waals surface area contributed by atoms with Crippen LogP contribution in [0.3, 0.4) is 0 Å². The standard InChI is InChI=1S/C25H24IN3O2S/c1-14-5-3-6-16(9-14)23-22(28-15(2)32-23)25(31)29-20(11-18-12-21(18)29)13-27-24(30)17-7-4-8-19(26)10-17/h3-10,18,20-21H,11-13H2,1-2H3,(H,27,30)/t18-,20+,21?/m1/s1. The molecule has 1 aliphatic heterocycles. The molecule has 1 aromatic heterocycles. The number of aromatic nitrogens is 1. The summed E-state index contributed by atoms with van der Waals surface area (Å²) in [4.78, 5) is 33.9. The minimum Gasteiger partial charge on any atom is -0.350 e. The molecule has 0 spiro atoms. The third-order valence-electron chi connectivity index (χ3n) is 6.25. The van der Waals surface area contributed by atoms with Gasteiger partial charge in [-0.25, -0.2) is 4.98 Å². The van der Waals surface area contributed by atoms with E-state index >= 15 is 0 Å². The smallest absolute Gasteiger partial charge is 0.274 e. The molecule has 164 valence electrons. The van der Waals surface area contributed by atoms with Gasteiger partial charge in [0.2, 0.25) is 0 Å². The van der Waals surface area contributed by atoms with Crippen molar-refractivity contribution in [1.29, 1.82) is 0 Å². The predicted octanol–water partition coefficient (Wildman–Crippen LogP) is 5.06. The Hall–Kier alpha value is -2.26. The number of carbonyl (C=O) groups is 2. The van der Waals surface area contributed by atoms with Gasteiger partial charge in [-0.1, -0.05) is 35.9 Å². The van der Waals surface area contributed by atoms with E-state index in [-0.39, 0.29) is 23.9 Å². The molecule has 3 aromatic rings. The van der Waals surface area contributed by atoms with Crippen LogP contribution >= 0.6 is 33.9 Å². The second-order valence-electron chi connectivity index (χ2n) is 8.67. The molecule has 32 heavy (non-hydrogen) atoms. The van der Waals surface area contributed by atoms with Crippen LogP contribution in [0.2, 0.25) is 0 Å². The number of hydrogen-bond acceptors (Lipinski definition) is 4. The number of nitrogens with one attached hydrogen (secondary N) is 1. The van der Waals surface area contributed by atoms with Gasteiger partial charge in [-0.2, -0.15) is 0 Å². The fourth-order valence-electron chi connectivity index (χ4n) is 4.68. The zero-order valence-corrected chi connectivity index (χ0v) is 20.9. The first-order chi connectivity index (χ1) is 15.4. The van der Waals surface area contributed by atoms with E-state index in [1.807, 2.05) is 48.2 Å². The number of fused-ring (bicyclic) bond motifs is 1. The Bertz CT molecular complexity index is 1210. The zero-order chi connectivity index (χ0) is 22.4. The fraction of sp³-hybridized carbons (Fsp3) is 0.320. The molecular weight excluding hydrogens is 533 g/mol. The molecule has 1 saturated heterocycles. The highest BCUT2D eigenvalue weighted by Crippen LogP contribution is 2.48. The summed E-state index contributed by atoms with van der Waals surface area (Å²) in [6.45, 7) is 4.47. The second-order valence-corrected chi connectivity index (χ2v) is 11.1. The molecule has 0 radical (unpaired) electrons. The number of amides is 2. The first-order valence-electron chi connectivity index (χ1n) is 10.8. The van der Waals surface area contributed by atoms with Crippen molar-refractivity contribution >= 4 is 45.7 Å². The molecule has 0 bridgehead atoms. The van der Waals surface area contributed by atoms with Gasteiger partial charge in [0.05, 0.1) is 15.9 Å². The third kappa shape index (κ3) is 4.20. The first-order valence-corrected chi connectivity index (χ1v) is 12.7. The van der Waals surface area contributed by atoms with E-state index in [4.69, 9.17) is 0 Å². The monoisotopic (exact) mass is 557 g/mol.